The molecule has 1 aromatic carbocycles. The zero-order chi connectivity index (χ0) is 19.3. The van der Waals surface area contributed by atoms with Crippen molar-refractivity contribution in [2.24, 2.45) is 5.92 Å². The largest absolute Gasteiger partial charge is 0.461 e. The highest BCUT2D eigenvalue weighted by molar-refractivity contribution is 5.93. The van der Waals surface area contributed by atoms with Crippen molar-refractivity contribution in [3.05, 3.63) is 42.7 Å². The van der Waals surface area contributed by atoms with E-state index in [1.54, 1.807) is 24.1 Å². The molecule has 0 radical (unpaired) electrons. The highest BCUT2D eigenvalue weighted by atomic mass is 16.5. The van der Waals surface area contributed by atoms with E-state index in [0.717, 1.165) is 30.6 Å². The zero-order valence-corrected chi connectivity index (χ0v) is 15.6. The Hall–Kier alpha value is -3.13. The summed E-state index contributed by atoms with van der Waals surface area (Å²) in [5.74, 6) is 1.34. The van der Waals surface area contributed by atoms with Crippen molar-refractivity contribution in [2.45, 2.75) is 19.3 Å². The van der Waals surface area contributed by atoms with Gasteiger partial charge in [0.2, 0.25) is 11.7 Å². The summed E-state index contributed by atoms with van der Waals surface area (Å²) < 4.78 is 17.7. The molecule has 1 fully saturated rings. The lowest BCUT2D eigenvalue weighted by atomic mass is 9.85. The number of aromatic nitrogens is 3. The predicted octanol–water partition coefficient (Wildman–Crippen LogP) is 3.29. The molecule has 0 spiro atoms. The molecule has 0 atom stereocenters. The van der Waals surface area contributed by atoms with E-state index >= 15 is 0 Å². The van der Waals surface area contributed by atoms with Gasteiger partial charge in [-0.2, -0.15) is 4.98 Å². The van der Waals surface area contributed by atoms with Gasteiger partial charge >= 0.3 is 6.01 Å². The van der Waals surface area contributed by atoms with Crippen molar-refractivity contribution in [1.82, 2.24) is 14.8 Å². The number of hydrogen-bond donors (Lipinski definition) is 1. The molecule has 8 nitrogen and oxygen atoms in total. The van der Waals surface area contributed by atoms with Gasteiger partial charge in [-0.15, -0.1) is 5.10 Å². The van der Waals surface area contributed by atoms with Crippen molar-refractivity contribution in [2.75, 3.05) is 25.6 Å². The number of methoxy groups -OCH3 is 1. The van der Waals surface area contributed by atoms with E-state index < -0.39 is 0 Å². The second-order valence-corrected chi connectivity index (χ2v) is 6.61. The van der Waals surface area contributed by atoms with Crippen LogP contribution in [0.5, 0.6) is 6.01 Å². The maximum atomic E-state index is 12.1. The minimum absolute atomic E-state index is 0.0878. The Balaban J connectivity index is 1.55. The van der Waals surface area contributed by atoms with Gasteiger partial charge in [-0.25, -0.2) is 4.68 Å². The topological polar surface area (TPSA) is 91.4 Å². The van der Waals surface area contributed by atoms with Gasteiger partial charge in [-0.3, -0.25) is 4.79 Å². The standard InChI is InChI=1S/C20H22N4O4/c1-26-12-13-28-20-22-18(17-6-3-11-27-17)24(23-20)16-9-7-15(8-10-16)21-19(25)14-4-2-5-14/h3,6-11,14H,2,4-5,12-13H2,1H3,(H,21,25). The molecule has 1 N–H and O–H groups in total. The third-order valence-corrected chi connectivity index (χ3v) is 4.70. The molecule has 2 heterocycles. The smallest absolute Gasteiger partial charge is 0.336 e. The molecule has 0 saturated heterocycles. The zero-order valence-electron chi connectivity index (χ0n) is 15.6. The first-order valence-corrected chi connectivity index (χ1v) is 9.28. The number of amides is 1. The number of nitrogens with one attached hydrogen (secondary N) is 1. The Morgan fingerprint density at radius 2 is 2.07 bits per heavy atom. The summed E-state index contributed by atoms with van der Waals surface area (Å²) in [4.78, 5) is 16.5. The van der Waals surface area contributed by atoms with Crippen molar-refractivity contribution in [3.8, 4) is 23.3 Å². The number of nitrogens with zero attached hydrogens (tertiary/aromatic N) is 3. The van der Waals surface area contributed by atoms with Crippen LogP contribution in [0.15, 0.2) is 47.1 Å². The van der Waals surface area contributed by atoms with Gasteiger partial charge in [0.1, 0.15) is 6.61 Å². The Labute approximate surface area is 162 Å². The Morgan fingerprint density at radius 3 is 2.71 bits per heavy atom. The number of carbonyl (C=O) groups is 1. The van der Waals surface area contributed by atoms with E-state index in [-0.39, 0.29) is 17.8 Å². The minimum atomic E-state index is 0.0878. The molecule has 8 heteroatoms. The monoisotopic (exact) mass is 382 g/mol. The fourth-order valence-corrected chi connectivity index (χ4v) is 2.92. The molecule has 4 rings (SSSR count). The highest BCUT2D eigenvalue weighted by Crippen LogP contribution is 2.28. The predicted molar refractivity (Wildman–Crippen MR) is 102 cm³/mol. The summed E-state index contributed by atoms with van der Waals surface area (Å²) in [6.45, 7) is 0.796. The summed E-state index contributed by atoms with van der Waals surface area (Å²) >= 11 is 0. The van der Waals surface area contributed by atoms with Gasteiger partial charge in [0.25, 0.3) is 0 Å². The van der Waals surface area contributed by atoms with Gasteiger partial charge < -0.3 is 19.2 Å². The summed E-state index contributed by atoms with van der Waals surface area (Å²) in [5.41, 5.74) is 1.54. The molecule has 0 aliphatic heterocycles. The molecule has 1 amide bonds. The lowest BCUT2D eigenvalue weighted by Gasteiger charge is -2.24. The first kappa shape index (κ1) is 18.2. The summed E-state index contributed by atoms with van der Waals surface area (Å²) in [6.07, 6.45) is 4.66. The number of anilines is 1. The number of benzene rings is 1. The quantitative estimate of drug-likeness (QED) is 0.601. The van der Waals surface area contributed by atoms with Gasteiger partial charge in [-0.1, -0.05) is 6.42 Å². The average molecular weight is 382 g/mol. The first-order chi connectivity index (χ1) is 13.7. The van der Waals surface area contributed by atoms with Gasteiger partial charge in [0.05, 0.1) is 18.6 Å². The maximum Gasteiger partial charge on any atom is 0.336 e. The molecule has 28 heavy (non-hydrogen) atoms. The molecule has 1 aliphatic carbocycles. The second kappa shape index (κ2) is 8.26. The highest BCUT2D eigenvalue weighted by Gasteiger charge is 2.25. The Morgan fingerprint density at radius 1 is 1.25 bits per heavy atom. The molecule has 0 bridgehead atoms. The van der Waals surface area contributed by atoms with Crippen LogP contribution in [0.25, 0.3) is 17.3 Å². The number of carbonyl (C=O) groups excluding carboxylic acids is 1. The van der Waals surface area contributed by atoms with Crippen LogP contribution < -0.4 is 10.1 Å². The average Bonchev–Trinajstić information content (AvgIpc) is 3.30. The minimum Gasteiger partial charge on any atom is -0.461 e. The summed E-state index contributed by atoms with van der Waals surface area (Å²) in [5, 5.41) is 7.39. The third-order valence-electron chi connectivity index (χ3n) is 4.70. The molecule has 0 unspecified atom stereocenters. The summed E-state index contributed by atoms with van der Waals surface area (Å²) in [7, 11) is 1.61. The van der Waals surface area contributed by atoms with Crippen LogP contribution >= 0.6 is 0 Å². The molecular formula is C20H22N4O4. The fraction of sp³-hybridized carbons (Fsp3) is 0.350. The SMILES string of the molecule is COCCOc1nc(-c2ccco2)n(-c2ccc(NC(=O)C3CCC3)cc2)n1. The van der Waals surface area contributed by atoms with Crippen LogP contribution in [0.3, 0.4) is 0 Å². The van der Waals surface area contributed by atoms with Crippen molar-refractivity contribution >= 4 is 11.6 Å². The molecule has 1 saturated carbocycles. The second-order valence-electron chi connectivity index (χ2n) is 6.61. The lowest BCUT2D eigenvalue weighted by Crippen LogP contribution is -2.27. The normalized spacial score (nSPS) is 13.9. The van der Waals surface area contributed by atoms with Crippen molar-refractivity contribution in [1.29, 1.82) is 0 Å². The van der Waals surface area contributed by atoms with E-state index in [0.29, 0.717) is 24.8 Å². The first-order valence-electron chi connectivity index (χ1n) is 9.28. The molecule has 1 aliphatic rings. The van der Waals surface area contributed by atoms with Crippen LogP contribution in [-0.2, 0) is 9.53 Å². The van der Waals surface area contributed by atoms with E-state index in [2.05, 4.69) is 15.4 Å². The van der Waals surface area contributed by atoms with E-state index in [1.807, 2.05) is 30.3 Å². The van der Waals surface area contributed by atoms with Crippen LogP contribution in [0.4, 0.5) is 5.69 Å². The Kier molecular flexibility index (Phi) is 5.38. The van der Waals surface area contributed by atoms with Crippen LogP contribution in [0.2, 0.25) is 0 Å². The maximum absolute atomic E-state index is 12.1. The van der Waals surface area contributed by atoms with E-state index in [1.165, 1.54) is 0 Å². The lowest BCUT2D eigenvalue weighted by molar-refractivity contribution is -0.122. The van der Waals surface area contributed by atoms with Crippen LogP contribution in [-0.4, -0.2) is 41.0 Å². The third kappa shape index (κ3) is 3.91. The number of ether oxygens (including phenoxy) is 2. The van der Waals surface area contributed by atoms with Crippen molar-refractivity contribution in [3.63, 3.8) is 0 Å². The van der Waals surface area contributed by atoms with Crippen LogP contribution in [0.1, 0.15) is 19.3 Å². The molecular weight excluding hydrogens is 360 g/mol. The van der Waals surface area contributed by atoms with E-state index in [9.17, 15) is 4.79 Å². The van der Waals surface area contributed by atoms with Gasteiger partial charge in [0.15, 0.2) is 5.76 Å². The molecule has 3 aromatic rings. The molecule has 146 valence electrons. The van der Waals surface area contributed by atoms with Crippen molar-refractivity contribution < 1.29 is 18.7 Å². The van der Waals surface area contributed by atoms with E-state index in [4.69, 9.17) is 13.9 Å². The Bertz CT molecular complexity index is 914. The molecule has 2 aromatic heterocycles. The van der Waals surface area contributed by atoms with Gasteiger partial charge in [0, 0.05) is 18.7 Å². The van der Waals surface area contributed by atoms with Gasteiger partial charge in [-0.05, 0) is 49.2 Å². The number of hydrogen-bond acceptors (Lipinski definition) is 6. The number of furan rings is 1. The summed E-state index contributed by atoms with van der Waals surface area (Å²) in [6, 6.07) is 11.3. The van der Waals surface area contributed by atoms with Crippen LogP contribution in [0, 0.1) is 5.92 Å². The number of rotatable bonds is 8. The fourth-order valence-electron chi connectivity index (χ4n) is 2.92.